The molecule has 0 aromatic carbocycles. The summed E-state index contributed by atoms with van der Waals surface area (Å²) in [5.74, 6) is -10.5. The first kappa shape index (κ1) is 82.7. The van der Waals surface area contributed by atoms with Crippen LogP contribution in [0.3, 0.4) is 0 Å². The van der Waals surface area contributed by atoms with E-state index in [-0.39, 0.29) is 101 Å². The molecule has 6 fully saturated rings. The van der Waals surface area contributed by atoms with Crippen LogP contribution in [0.4, 0.5) is 13.2 Å². The third kappa shape index (κ3) is 19.7. The molecule has 12 amide bonds. The van der Waals surface area contributed by atoms with E-state index < -0.39 is 179 Å². The maximum atomic E-state index is 15.7. The van der Waals surface area contributed by atoms with Crippen LogP contribution in [0.2, 0.25) is 0 Å². The number of hydrogen-bond acceptors (Lipinski definition) is 12. The fraction of sp³-hybridized carbons (Fsp3) is 0.811. The average molecular weight is 1460 g/mol. The molecule has 574 valence electrons. The van der Waals surface area contributed by atoms with Gasteiger partial charge >= 0.3 is 6.18 Å². The van der Waals surface area contributed by atoms with Crippen molar-refractivity contribution in [3.05, 3.63) is 12.2 Å². The lowest BCUT2D eigenvalue weighted by atomic mass is 9.58. The topological polar surface area (TPSA) is 270 Å². The van der Waals surface area contributed by atoms with Crippen LogP contribution in [-0.4, -0.2) is 263 Å². The summed E-state index contributed by atoms with van der Waals surface area (Å²) in [7, 11) is 11.5. The molecule has 2 bridgehead atoms. The van der Waals surface area contributed by atoms with Gasteiger partial charge in [0.05, 0.1) is 25.4 Å². The van der Waals surface area contributed by atoms with Crippen LogP contribution in [0.25, 0.3) is 0 Å². The van der Waals surface area contributed by atoms with Crippen molar-refractivity contribution in [1.29, 1.82) is 0 Å². The molecular formula is C74H118ClF3N12O12. The van der Waals surface area contributed by atoms with Crippen LogP contribution in [0.15, 0.2) is 12.2 Å². The molecule has 7 rings (SSSR count). The van der Waals surface area contributed by atoms with Gasteiger partial charge in [-0.3, -0.25) is 57.5 Å². The highest BCUT2D eigenvalue weighted by molar-refractivity contribution is 6.21. The number of nitrogens with zero attached hydrogens (tertiary/aromatic N) is 9. The molecule has 1 spiro atoms. The molecule has 28 heteroatoms. The molecular weight excluding hydrogens is 1340 g/mol. The second-order valence-corrected chi connectivity index (χ2v) is 33.0. The van der Waals surface area contributed by atoms with E-state index in [4.69, 9.17) is 11.6 Å². The molecule has 2 saturated heterocycles. The molecule has 0 aromatic heterocycles. The van der Waals surface area contributed by atoms with Gasteiger partial charge in [-0.15, -0.1) is 11.6 Å². The molecule has 7 aliphatic rings. The zero-order valence-corrected chi connectivity index (χ0v) is 64.0. The Labute approximate surface area is 607 Å². The van der Waals surface area contributed by atoms with E-state index in [1.54, 1.807) is 19.9 Å². The van der Waals surface area contributed by atoms with E-state index >= 15 is 28.8 Å². The Kier molecular flexibility index (Phi) is 28.4. The summed E-state index contributed by atoms with van der Waals surface area (Å²) in [5.41, 5.74) is -2.10. The predicted octanol–water partition coefficient (Wildman–Crippen LogP) is 6.36. The largest absolute Gasteiger partial charge is 0.393 e. The van der Waals surface area contributed by atoms with Crippen molar-refractivity contribution in [3.8, 4) is 0 Å². The minimum Gasteiger partial charge on any atom is -0.347 e. The van der Waals surface area contributed by atoms with Crippen molar-refractivity contribution in [2.24, 2.45) is 46.8 Å². The lowest BCUT2D eigenvalue weighted by Crippen LogP contribution is -2.71. The molecule has 4 aliphatic carbocycles. The Morgan fingerprint density at radius 3 is 1.88 bits per heavy atom. The van der Waals surface area contributed by atoms with Gasteiger partial charge in [-0.2, -0.15) is 13.2 Å². The molecule has 3 unspecified atom stereocenters. The fourth-order valence-corrected chi connectivity index (χ4v) is 17.9. The van der Waals surface area contributed by atoms with Gasteiger partial charge in [-0.1, -0.05) is 106 Å². The van der Waals surface area contributed by atoms with Crippen LogP contribution in [-0.2, 0) is 57.5 Å². The summed E-state index contributed by atoms with van der Waals surface area (Å²) < 4.78 is 42.3. The first-order valence-corrected chi connectivity index (χ1v) is 37.8. The SMILES string of the molecule is CC[C@H](C)[C@@H]1NC(=O)[C@H](CC)N(C)C(=O)C[C@@H](C(=O)N(C)C)N(C)C(=O)[C@H](C2CCCC2)N(C)C(=O)C2(CC(C)(C)C2)NC(=O)[C@@H]2C[C@@H](C)CN2C(=O)[C@H](CCC2CCC(C(F)(F)F)C(Cl)C2)NC(=O)CN(C)C(=O)[C@H](CC2CCC(C)CC2)N2CC/C=C\C[C@@H](C2=O)N(C)C(=O)CN(C)C1=O. The summed E-state index contributed by atoms with van der Waals surface area (Å²) >= 11 is 6.45. The van der Waals surface area contributed by atoms with Gasteiger partial charge in [-0.05, 0) is 131 Å². The molecule has 24 nitrogen and oxygen atoms in total. The average Bonchev–Trinajstić information content (AvgIpc) is 0.924. The Balaban J connectivity index is 1.30. The third-order valence-corrected chi connectivity index (χ3v) is 24.1. The molecule has 3 N–H and O–H groups in total. The van der Waals surface area contributed by atoms with E-state index in [0.717, 1.165) is 38.5 Å². The maximum absolute atomic E-state index is 15.7. The van der Waals surface area contributed by atoms with Crippen molar-refractivity contribution in [3.63, 3.8) is 0 Å². The van der Waals surface area contributed by atoms with Gasteiger partial charge < -0.3 is 60.0 Å². The van der Waals surface area contributed by atoms with Gasteiger partial charge in [0.1, 0.15) is 53.9 Å². The van der Waals surface area contributed by atoms with Crippen LogP contribution in [0, 0.1) is 46.8 Å². The van der Waals surface area contributed by atoms with Crippen LogP contribution >= 0.6 is 11.6 Å². The minimum absolute atomic E-state index is 0.00607. The van der Waals surface area contributed by atoms with E-state index in [2.05, 4.69) is 22.9 Å². The molecule has 0 radical (unpaired) electrons. The van der Waals surface area contributed by atoms with Gasteiger partial charge in [0.2, 0.25) is 70.9 Å². The number of likely N-dealkylation sites (N-methyl/N-ethyl adjacent to an activating group) is 7. The van der Waals surface area contributed by atoms with Crippen molar-refractivity contribution in [2.75, 3.05) is 82.6 Å². The number of amides is 12. The summed E-state index contributed by atoms with van der Waals surface area (Å²) in [6.45, 7) is 12.2. The van der Waals surface area contributed by atoms with E-state index in [0.29, 0.717) is 31.6 Å². The summed E-state index contributed by atoms with van der Waals surface area (Å²) in [4.78, 5) is 192. The quantitative estimate of drug-likeness (QED) is 0.159. The molecule has 0 aromatic rings. The second-order valence-electron chi connectivity index (χ2n) is 32.4. The van der Waals surface area contributed by atoms with Crippen LogP contribution in [0.1, 0.15) is 190 Å². The Hall–Kier alpha value is -6.54. The number of carbonyl (C=O) groups is 12. The van der Waals surface area contributed by atoms with Gasteiger partial charge in [0.15, 0.2) is 0 Å². The van der Waals surface area contributed by atoms with Crippen LogP contribution in [0.5, 0.6) is 0 Å². The van der Waals surface area contributed by atoms with Crippen molar-refractivity contribution in [1.82, 2.24) is 60.0 Å². The minimum atomic E-state index is -4.52. The zero-order valence-electron chi connectivity index (χ0n) is 63.2. The van der Waals surface area contributed by atoms with Gasteiger partial charge in [-0.25, -0.2) is 0 Å². The number of carbonyl (C=O) groups excluding carboxylic acids is 12. The van der Waals surface area contributed by atoms with Crippen molar-refractivity contribution in [2.45, 2.75) is 255 Å². The summed E-state index contributed by atoms with van der Waals surface area (Å²) in [5, 5.41) is 7.61. The maximum Gasteiger partial charge on any atom is 0.393 e. The van der Waals surface area contributed by atoms with E-state index in [1.165, 1.54) is 100 Å². The predicted molar refractivity (Wildman–Crippen MR) is 379 cm³/mol. The first-order valence-electron chi connectivity index (χ1n) is 37.4. The first-order chi connectivity index (χ1) is 47.8. The fourth-order valence-electron chi connectivity index (χ4n) is 17.4. The van der Waals surface area contributed by atoms with E-state index in [9.17, 15) is 41.9 Å². The smallest absolute Gasteiger partial charge is 0.347 e. The number of rotatable bonds is 10. The Morgan fingerprint density at radius 2 is 1.29 bits per heavy atom. The standard InChI is InChI=1S/C74H118ClF3N12O12/c1-16-46(5)61-69(100)84(11)41-60(93)86(13)54-25-19-18-22-34-89(68(54)99)57(37-48-28-26-44(3)27-29-48)67(98)83(10)40-58(91)79-52(33-31-47-30-32-50(51(75)36-47)74(76,77)78)65(96)90-39-45(4)35-55(90)64(95)81-73(42-72(6,7)43-73)71(102)88(15)62(49-23-20-21-24-49)70(101)87(14)56(66(97)82(8)9)38-59(92)85(12)53(17-2)63(94)80-61/h18-19,44-57,61-62H,16-17,20-43H2,1-15H3,(H,79,91)(H,80,94)(H,81,95)/b19-18-/t44?,45-,46+,47?,48?,50?,51?,52+,53+,54+,55+,56+,57+,61+,62+/m1/s1. The molecule has 13 atom stereocenters. The number of halogens is 4. The Morgan fingerprint density at radius 1 is 0.667 bits per heavy atom. The molecule has 3 heterocycles. The molecule has 3 aliphatic heterocycles. The third-order valence-electron chi connectivity index (χ3n) is 23.7. The highest BCUT2D eigenvalue weighted by Gasteiger charge is 2.59. The molecule has 102 heavy (non-hydrogen) atoms. The lowest BCUT2D eigenvalue weighted by molar-refractivity contribution is -0.182. The normalized spacial score (nSPS) is 32.7. The van der Waals surface area contributed by atoms with Crippen molar-refractivity contribution >= 4 is 82.5 Å². The highest BCUT2D eigenvalue weighted by atomic mass is 35.5. The van der Waals surface area contributed by atoms with E-state index in [1.807, 2.05) is 33.8 Å². The Bertz CT molecular complexity index is 3080. The highest BCUT2D eigenvalue weighted by Crippen LogP contribution is 2.50. The number of nitrogens with one attached hydrogen (secondary N) is 3. The lowest BCUT2D eigenvalue weighted by Gasteiger charge is -2.54. The summed E-state index contributed by atoms with van der Waals surface area (Å²) in [6, 6.07) is -9.85. The molecule has 4 saturated carbocycles. The van der Waals surface area contributed by atoms with Gasteiger partial charge in [0.25, 0.3) is 0 Å². The van der Waals surface area contributed by atoms with Gasteiger partial charge in [0, 0.05) is 74.8 Å². The number of alkyl halides is 4. The zero-order chi connectivity index (χ0) is 75.8. The number of fused-ring (bicyclic) bond motifs is 3. The summed E-state index contributed by atoms with van der Waals surface area (Å²) in [6.07, 6.45) is 5.97. The second kappa shape index (κ2) is 35.0. The van der Waals surface area contributed by atoms with Crippen molar-refractivity contribution < 1.29 is 70.7 Å². The van der Waals surface area contributed by atoms with Crippen LogP contribution < -0.4 is 16.0 Å². The number of hydrogen-bond donors (Lipinski definition) is 3. The monoisotopic (exact) mass is 1460 g/mol.